The number of nitrogens with zero attached hydrogens (tertiary/aromatic N) is 4. The fourth-order valence-corrected chi connectivity index (χ4v) is 3.87. The standard InChI is InChI=1S/C18H18ClN5OS/c19-13-3-1-4-14(11-13)24-9-7-23(8-10-24)12-17(25)20-15-5-2-6-16-18(15)22-26-21-16/h1-6,11H,7-10,12H2,(H,20,25). The average Bonchev–Trinajstić information content (AvgIpc) is 3.12. The third kappa shape index (κ3) is 3.80. The van der Waals surface area contributed by atoms with Gasteiger partial charge in [0.2, 0.25) is 5.91 Å². The van der Waals surface area contributed by atoms with Crippen LogP contribution in [-0.2, 0) is 4.79 Å². The number of piperazine rings is 1. The van der Waals surface area contributed by atoms with E-state index in [0.717, 1.165) is 65.3 Å². The van der Waals surface area contributed by atoms with Crippen LogP contribution in [0.5, 0.6) is 0 Å². The van der Waals surface area contributed by atoms with Crippen LogP contribution in [0.15, 0.2) is 42.5 Å². The van der Waals surface area contributed by atoms with Crippen molar-refractivity contribution in [3.8, 4) is 0 Å². The maximum absolute atomic E-state index is 12.4. The van der Waals surface area contributed by atoms with E-state index < -0.39 is 0 Å². The summed E-state index contributed by atoms with van der Waals surface area (Å²) in [6, 6.07) is 13.5. The summed E-state index contributed by atoms with van der Waals surface area (Å²) in [7, 11) is 0. The molecule has 1 aliphatic rings. The van der Waals surface area contributed by atoms with Gasteiger partial charge < -0.3 is 10.2 Å². The van der Waals surface area contributed by atoms with Gasteiger partial charge in [0, 0.05) is 36.9 Å². The Balaban J connectivity index is 1.33. The lowest BCUT2D eigenvalue weighted by molar-refractivity contribution is -0.117. The minimum atomic E-state index is -0.0262. The van der Waals surface area contributed by atoms with Crippen LogP contribution in [0.2, 0.25) is 5.02 Å². The molecule has 4 rings (SSSR count). The molecule has 3 aromatic rings. The molecule has 0 saturated carbocycles. The molecule has 0 bridgehead atoms. The smallest absolute Gasteiger partial charge is 0.238 e. The molecule has 6 nitrogen and oxygen atoms in total. The highest BCUT2D eigenvalue weighted by Gasteiger charge is 2.20. The second-order valence-corrected chi connectivity index (χ2v) is 7.19. The summed E-state index contributed by atoms with van der Waals surface area (Å²) in [4.78, 5) is 16.9. The Hall–Kier alpha value is -2.22. The summed E-state index contributed by atoms with van der Waals surface area (Å²) in [6.45, 7) is 3.79. The molecule has 8 heteroatoms. The molecular formula is C18H18ClN5OS. The van der Waals surface area contributed by atoms with E-state index in [2.05, 4.69) is 29.9 Å². The van der Waals surface area contributed by atoms with Crippen LogP contribution in [0.1, 0.15) is 0 Å². The van der Waals surface area contributed by atoms with Crippen LogP contribution in [0.4, 0.5) is 11.4 Å². The first kappa shape index (κ1) is 17.2. The van der Waals surface area contributed by atoms with Crippen molar-refractivity contribution in [2.45, 2.75) is 0 Å². The molecule has 0 radical (unpaired) electrons. The molecule has 0 unspecified atom stereocenters. The second-order valence-electron chi connectivity index (χ2n) is 6.23. The summed E-state index contributed by atoms with van der Waals surface area (Å²) in [6.07, 6.45) is 0. The summed E-state index contributed by atoms with van der Waals surface area (Å²) in [5, 5.41) is 3.71. The Morgan fingerprint density at radius 3 is 2.73 bits per heavy atom. The first-order valence-corrected chi connectivity index (χ1v) is 9.54. The van der Waals surface area contributed by atoms with E-state index in [1.165, 1.54) is 0 Å². The summed E-state index contributed by atoms with van der Waals surface area (Å²) >= 11 is 7.23. The largest absolute Gasteiger partial charge is 0.369 e. The third-order valence-corrected chi connectivity index (χ3v) is 5.25. The first-order chi connectivity index (χ1) is 12.7. The maximum Gasteiger partial charge on any atom is 0.238 e. The van der Waals surface area contributed by atoms with Crippen molar-refractivity contribution in [1.29, 1.82) is 0 Å². The van der Waals surface area contributed by atoms with Crippen LogP contribution in [0, 0.1) is 0 Å². The van der Waals surface area contributed by atoms with Gasteiger partial charge in [-0.2, -0.15) is 8.75 Å². The van der Waals surface area contributed by atoms with Gasteiger partial charge in [0.15, 0.2) is 0 Å². The Morgan fingerprint density at radius 2 is 1.92 bits per heavy atom. The Bertz CT molecular complexity index is 923. The van der Waals surface area contributed by atoms with E-state index >= 15 is 0 Å². The molecule has 0 spiro atoms. The van der Waals surface area contributed by atoms with Crippen LogP contribution in [0.3, 0.4) is 0 Å². The van der Waals surface area contributed by atoms with E-state index in [9.17, 15) is 4.79 Å². The molecule has 26 heavy (non-hydrogen) atoms. The highest BCUT2D eigenvalue weighted by molar-refractivity contribution is 7.00. The molecule has 1 N–H and O–H groups in total. The molecule has 2 aromatic carbocycles. The molecule has 1 saturated heterocycles. The maximum atomic E-state index is 12.4. The minimum absolute atomic E-state index is 0.0262. The van der Waals surface area contributed by atoms with Gasteiger partial charge >= 0.3 is 0 Å². The lowest BCUT2D eigenvalue weighted by Crippen LogP contribution is -2.48. The summed E-state index contributed by atoms with van der Waals surface area (Å²) in [5.41, 5.74) is 3.41. The number of carbonyl (C=O) groups is 1. The van der Waals surface area contributed by atoms with E-state index in [0.29, 0.717) is 6.54 Å². The Labute approximate surface area is 160 Å². The zero-order valence-corrected chi connectivity index (χ0v) is 15.6. The third-order valence-electron chi connectivity index (χ3n) is 4.47. The number of carbonyl (C=O) groups excluding carboxylic acids is 1. The van der Waals surface area contributed by atoms with E-state index in [4.69, 9.17) is 11.6 Å². The van der Waals surface area contributed by atoms with Gasteiger partial charge in [-0.1, -0.05) is 23.7 Å². The number of anilines is 2. The Morgan fingerprint density at radius 1 is 1.12 bits per heavy atom. The van der Waals surface area contributed by atoms with Crippen LogP contribution in [0.25, 0.3) is 11.0 Å². The molecule has 0 atom stereocenters. The van der Waals surface area contributed by atoms with E-state index in [1.807, 2.05) is 36.4 Å². The molecule has 134 valence electrons. The first-order valence-electron chi connectivity index (χ1n) is 8.43. The highest BCUT2D eigenvalue weighted by Crippen LogP contribution is 2.22. The van der Waals surface area contributed by atoms with Crippen molar-refractivity contribution in [3.63, 3.8) is 0 Å². The van der Waals surface area contributed by atoms with Crippen molar-refractivity contribution in [1.82, 2.24) is 13.6 Å². The van der Waals surface area contributed by atoms with Crippen molar-refractivity contribution in [3.05, 3.63) is 47.5 Å². The monoisotopic (exact) mass is 387 g/mol. The molecular weight excluding hydrogens is 370 g/mol. The van der Waals surface area contributed by atoms with Gasteiger partial charge in [0.1, 0.15) is 11.0 Å². The topological polar surface area (TPSA) is 61.4 Å². The number of nitrogens with one attached hydrogen (secondary N) is 1. The number of amides is 1. The molecule has 2 heterocycles. The summed E-state index contributed by atoms with van der Waals surface area (Å²) in [5.74, 6) is -0.0262. The number of halogens is 1. The van der Waals surface area contributed by atoms with Crippen molar-refractivity contribution in [2.24, 2.45) is 0 Å². The zero-order chi connectivity index (χ0) is 17.9. The average molecular weight is 388 g/mol. The molecule has 0 aliphatic carbocycles. The van der Waals surface area contributed by atoms with Gasteiger partial charge in [0.25, 0.3) is 0 Å². The zero-order valence-electron chi connectivity index (χ0n) is 14.1. The lowest BCUT2D eigenvalue weighted by atomic mass is 10.2. The lowest BCUT2D eigenvalue weighted by Gasteiger charge is -2.35. The van der Waals surface area contributed by atoms with Crippen molar-refractivity contribution in [2.75, 3.05) is 42.9 Å². The highest BCUT2D eigenvalue weighted by atomic mass is 35.5. The number of rotatable bonds is 4. The quantitative estimate of drug-likeness (QED) is 0.745. The van der Waals surface area contributed by atoms with Crippen LogP contribution in [-0.4, -0.2) is 52.3 Å². The van der Waals surface area contributed by atoms with Crippen LogP contribution < -0.4 is 10.2 Å². The number of aromatic nitrogens is 2. The van der Waals surface area contributed by atoms with E-state index in [-0.39, 0.29) is 5.91 Å². The summed E-state index contributed by atoms with van der Waals surface area (Å²) < 4.78 is 8.45. The number of fused-ring (bicyclic) bond motifs is 1. The van der Waals surface area contributed by atoms with Gasteiger partial charge in [-0.25, -0.2) is 0 Å². The minimum Gasteiger partial charge on any atom is -0.369 e. The SMILES string of the molecule is O=C(CN1CCN(c2cccc(Cl)c2)CC1)Nc1cccc2nsnc12. The van der Waals surface area contributed by atoms with Crippen LogP contribution >= 0.6 is 23.3 Å². The van der Waals surface area contributed by atoms with Crippen molar-refractivity contribution < 1.29 is 4.79 Å². The number of benzene rings is 2. The second kappa shape index (κ2) is 7.57. The van der Waals surface area contributed by atoms with Gasteiger partial charge in [-0.05, 0) is 30.3 Å². The number of hydrogen-bond acceptors (Lipinski definition) is 6. The van der Waals surface area contributed by atoms with Gasteiger partial charge in [0.05, 0.1) is 24.0 Å². The predicted octanol–water partition coefficient (Wildman–Crippen LogP) is 3.11. The fraction of sp³-hybridized carbons (Fsp3) is 0.278. The number of hydrogen-bond donors (Lipinski definition) is 1. The van der Waals surface area contributed by atoms with Crippen molar-refractivity contribution >= 4 is 51.6 Å². The molecule has 1 fully saturated rings. The van der Waals surface area contributed by atoms with E-state index in [1.54, 1.807) is 0 Å². The molecule has 1 aromatic heterocycles. The van der Waals surface area contributed by atoms with Gasteiger partial charge in [-0.15, -0.1) is 0 Å². The Kier molecular flexibility index (Phi) is 5.01. The molecule has 1 amide bonds. The fourth-order valence-electron chi connectivity index (χ4n) is 3.14. The normalized spacial score (nSPS) is 15.3. The molecule has 1 aliphatic heterocycles. The predicted molar refractivity (Wildman–Crippen MR) is 106 cm³/mol. The van der Waals surface area contributed by atoms with Gasteiger partial charge in [-0.3, -0.25) is 9.69 Å².